The smallest absolute Gasteiger partial charge is 0.0645 e. The molecule has 0 aliphatic carbocycles. The fraction of sp³-hybridized carbons (Fsp3) is 0.700. The highest BCUT2D eigenvalue weighted by Crippen LogP contribution is 2.32. The Morgan fingerprint density at radius 2 is 0.707 bits per heavy atom. The van der Waals surface area contributed by atoms with E-state index in [9.17, 15) is 0 Å². The number of ether oxygens (including phenoxy) is 1. The van der Waals surface area contributed by atoms with Crippen LogP contribution in [0, 0.1) is 0 Å². The molecule has 4 atom stereocenters. The second kappa shape index (κ2) is 23.9. The van der Waals surface area contributed by atoms with Gasteiger partial charge in [-0.2, -0.15) is 0 Å². The quantitative estimate of drug-likeness (QED) is 0.104. The molecule has 0 radical (unpaired) electrons. The molecule has 0 spiro atoms. The number of benzene rings is 2. The van der Waals surface area contributed by atoms with Crippen LogP contribution in [0.3, 0.4) is 0 Å². The van der Waals surface area contributed by atoms with Gasteiger partial charge in [-0.3, -0.25) is 0 Å². The molecule has 0 aliphatic rings. The Kier molecular flexibility index (Phi) is 20.8. The van der Waals surface area contributed by atoms with Crippen LogP contribution in [0.1, 0.15) is 179 Å². The Morgan fingerprint density at radius 1 is 0.415 bits per heavy atom. The Morgan fingerprint density at radius 3 is 1.02 bits per heavy atom. The molecule has 0 amide bonds. The largest absolute Gasteiger partial charge is 0.374 e. The van der Waals surface area contributed by atoms with E-state index in [1.54, 1.807) is 0 Å². The van der Waals surface area contributed by atoms with E-state index in [-0.39, 0.29) is 12.2 Å². The van der Waals surface area contributed by atoms with E-state index in [1.165, 1.54) is 140 Å². The Balaban J connectivity index is 1.96. The van der Waals surface area contributed by atoms with Crippen LogP contribution in [0.2, 0.25) is 0 Å². The second-order valence-corrected chi connectivity index (χ2v) is 12.8. The molecule has 1 heteroatoms. The molecular formula is C40H66O. The maximum Gasteiger partial charge on any atom is 0.0645 e. The zero-order valence-electron chi connectivity index (χ0n) is 27.6. The van der Waals surface area contributed by atoms with Crippen molar-refractivity contribution in [3.8, 4) is 0 Å². The van der Waals surface area contributed by atoms with Crippen LogP contribution in [0.15, 0.2) is 60.7 Å². The van der Waals surface area contributed by atoms with Crippen LogP contribution < -0.4 is 0 Å². The molecule has 2 aromatic carbocycles. The summed E-state index contributed by atoms with van der Waals surface area (Å²) in [4.78, 5) is 0. The molecule has 0 fully saturated rings. The van der Waals surface area contributed by atoms with E-state index < -0.39 is 0 Å². The van der Waals surface area contributed by atoms with Crippen molar-refractivity contribution in [3.05, 3.63) is 71.8 Å². The predicted octanol–water partition coefficient (Wildman–Crippen LogP) is 13.2. The van der Waals surface area contributed by atoms with Crippen molar-refractivity contribution in [2.45, 2.75) is 180 Å². The van der Waals surface area contributed by atoms with Gasteiger partial charge in [-0.15, -0.1) is 0 Å². The van der Waals surface area contributed by atoms with Gasteiger partial charge in [-0.25, -0.2) is 0 Å². The number of hydrogen-bond acceptors (Lipinski definition) is 1. The van der Waals surface area contributed by atoms with E-state index in [1.807, 2.05) is 0 Å². The van der Waals surface area contributed by atoms with Crippen LogP contribution in [0.5, 0.6) is 0 Å². The molecule has 0 saturated carbocycles. The van der Waals surface area contributed by atoms with Gasteiger partial charge in [0.15, 0.2) is 0 Å². The van der Waals surface area contributed by atoms with E-state index >= 15 is 0 Å². The summed E-state index contributed by atoms with van der Waals surface area (Å²) in [5, 5.41) is 0. The van der Waals surface area contributed by atoms with Crippen molar-refractivity contribution in [1.29, 1.82) is 0 Å². The summed E-state index contributed by atoms with van der Waals surface area (Å²) in [6, 6.07) is 22.2. The van der Waals surface area contributed by atoms with Gasteiger partial charge in [0.05, 0.1) is 12.2 Å². The summed E-state index contributed by atoms with van der Waals surface area (Å²) in [5.74, 6) is 0.831. The molecule has 0 aromatic heterocycles. The standard InChI is InChI=1S/C40H66O/c1-5-7-9-11-13-15-17-19-27-33-39(35(3)37-29-23-21-24-30-37)41-40(36(4)38-31-25-22-26-32-38)34-28-20-18-16-14-12-10-8-6-2/h21-26,29-32,35-36,39-40H,5-20,27-28,33-34H2,1-4H3. The lowest BCUT2D eigenvalue weighted by Crippen LogP contribution is -2.30. The fourth-order valence-electron chi connectivity index (χ4n) is 6.35. The molecular weight excluding hydrogens is 496 g/mol. The minimum Gasteiger partial charge on any atom is -0.374 e. The van der Waals surface area contributed by atoms with Crippen LogP contribution in [0.25, 0.3) is 0 Å². The lowest BCUT2D eigenvalue weighted by Gasteiger charge is -2.33. The summed E-state index contributed by atoms with van der Waals surface area (Å²) >= 11 is 0. The first kappa shape index (κ1) is 35.6. The van der Waals surface area contributed by atoms with Crippen LogP contribution in [0.4, 0.5) is 0 Å². The molecule has 0 bridgehead atoms. The second-order valence-electron chi connectivity index (χ2n) is 12.8. The highest BCUT2D eigenvalue weighted by atomic mass is 16.5. The van der Waals surface area contributed by atoms with Crippen molar-refractivity contribution in [2.24, 2.45) is 0 Å². The molecule has 1 nitrogen and oxygen atoms in total. The number of hydrogen-bond donors (Lipinski definition) is 0. The fourth-order valence-corrected chi connectivity index (χ4v) is 6.35. The third-order valence-corrected chi connectivity index (χ3v) is 9.30. The van der Waals surface area contributed by atoms with Gasteiger partial charge in [-0.05, 0) is 24.0 Å². The maximum atomic E-state index is 7.23. The molecule has 4 unspecified atom stereocenters. The normalized spacial score (nSPS) is 14.5. The first-order valence-electron chi connectivity index (χ1n) is 17.9. The summed E-state index contributed by atoms with van der Waals surface area (Å²) in [6.07, 6.45) is 27.6. The van der Waals surface area contributed by atoms with E-state index in [0.717, 1.165) is 0 Å². The van der Waals surface area contributed by atoms with Gasteiger partial charge in [-0.1, -0.05) is 204 Å². The average molecular weight is 563 g/mol. The van der Waals surface area contributed by atoms with Gasteiger partial charge in [0.25, 0.3) is 0 Å². The SMILES string of the molecule is CCCCCCCCCCCC(OC(CCCCCCCCCCC)C(C)c1ccccc1)C(C)c1ccccc1. The van der Waals surface area contributed by atoms with Crippen molar-refractivity contribution in [2.75, 3.05) is 0 Å². The predicted molar refractivity (Wildman–Crippen MR) is 182 cm³/mol. The lowest BCUT2D eigenvalue weighted by atomic mass is 9.88. The Bertz CT molecular complexity index is 746. The zero-order chi connectivity index (χ0) is 29.4. The summed E-state index contributed by atoms with van der Waals surface area (Å²) < 4.78 is 7.23. The average Bonchev–Trinajstić information content (AvgIpc) is 3.02. The molecule has 2 rings (SSSR count). The zero-order valence-corrected chi connectivity index (χ0v) is 27.6. The minimum absolute atomic E-state index is 0.275. The van der Waals surface area contributed by atoms with E-state index in [2.05, 4.69) is 88.4 Å². The van der Waals surface area contributed by atoms with Gasteiger partial charge in [0.2, 0.25) is 0 Å². The molecule has 0 aliphatic heterocycles. The van der Waals surface area contributed by atoms with Gasteiger partial charge < -0.3 is 4.74 Å². The lowest BCUT2D eigenvalue weighted by molar-refractivity contribution is -0.0441. The third-order valence-electron chi connectivity index (χ3n) is 9.30. The molecule has 232 valence electrons. The first-order valence-corrected chi connectivity index (χ1v) is 17.9. The highest BCUT2D eigenvalue weighted by molar-refractivity contribution is 5.21. The third kappa shape index (κ3) is 16.0. The maximum absolute atomic E-state index is 7.23. The topological polar surface area (TPSA) is 9.23 Å². The van der Waals surface area contributed by atoms with Crippen LogP contribution in [-0.4, -0.2) is 12.2 Å². The van der Waals surface area contributed by atoms with E-state index in [4.69, 9.17) is 4.74 Å². The van der Waals surface area contributed by atoms with Gasteiger partial charge >= 0.3 is 0 Å². The summed E-state index contributed by atoms with van der Waals surface area (Å²) in [6.45, 7) is 9.40. The van der Waals surface area contributed by atoms with Crippen molar-refractivity contribution < 1.29 is 4.74 Å². The van der Waals surface area contributed by atoms with Gasteiger partial charge in [0.1, 0.15) is 0 Å². The molecule has 41 heavy (non-hydrogen) atoms. The summed E-state index contributed by atoms with van der Waals surface area (Å²) in [5.41, 5.74) is 2.84. The molecule has 2 aromatic rings. The molecule has 0 N–H and O–H groups in total. The first-order chi connectivity index (χ1) is 20.2. The Labute approximate surface area is 256 Å². The minimum atomic E-state index is 0.275. The van der Waals surface area contributed by atoms with Crippen molar-refractivity contribution >= 4 is 0 Å². The van der Waals surface area contributed by atoms with Crippen molar-refractivity contribution in [3.63, 3.8) is 0 Å². The van der Waals surface area contributed by atoms with Crippen LogP contribution in [-0.2, 0) is 4.74 Å². The monoisotopic (exact) mass is 563 g/mol. The van der Waals surface area contributed by atoms with Crippen molar-refractivity contribution in [1.82, 2.24) is 0 Å². The number of rotatable bonds is 26. The van der Waals surface area contributed by atoms with Gasteiger partial charge in [0, 0.05) is 11.8 Å². The molecule has 0 heterocycles. The molecule has 0 saturated heterocycles. The number of unbranched alkanes of at least 4 members (excludes halogenated alkanes) is 16. The highest BCUT2D eigenvalue weighted by Gasteiger charge is 2.27. The van der Waals surface area contributed by atoms with Crippen LogP contribution >= 0.6 is 0 Å². The van der Waals surface area contributed by atoms with E-state index in [0.29, 0.717) is 11.8 Å². The Hall–Kier alpha value is -1.60. The summed E-state index contributed by atoms with van der Waals surface area (Å²) in [7, 11) is 0.